The number of nitrogens with two attached hydrogens (primary N) is 1. The SMILES string of the molecule is CC([SiH3])C(C)(C)ON. The van der Waals surface area contributed by atoms with Crippen LogP contribution in [-0.2, 0) is 4.84 Å². The first-order chi connectivity index (χ1) is 3.50. The fourth-order valence-electron chi connectivity index (χ4n) is 0.136. The second kappa shape index (κ2) is 2.62. The molecule has 0 rings (SSSR count). The van der Waals surface area contributed by atoms with Crippen LogP contribution >= 0.6 is 0 Å². The summed E-state index contributed by atoms with van der Waals surface area (Å²) in [5, 5.41) is 0. The molecule has 0 heterocycles. The van der Waals surface area contributed by atoms with E-state index in [0.29, 0.717) is 5.54 Å². The molecule has 1 atom stereocenters. The first kappa shape index (κ1) is 8.14. The Balaban J connectivity index is 3.71. The molecule has 0 saturated carbocycles. The minimum absolute atomic E-state index is 0.119. The van der Waals surface area contributed by atoms with E-state index in [1.54, 1.807) is 0 Å². The summed E-state index contributed by atoms with van der Waals surface area (Å²) in [6.45, 7) is 6.15. The summed E-state index contributed by atoms with van der Waals surface area (Å²) in [6.07, 6.45) is 0. The number of hydrogen-bond donors (Lipinski definition) is 1. The van der Waals surface area contributed by atoms with Gasteiger partial charge in [0.05, 0.1) is 5.60 Å². The van der Waals surface area contributed by atoms with Crippen LogP contribution < -0.4 is 5.90 Å². The van der Waals surface area contributed by atoms with Crippen LogP contribution in [0.2, 0.25) is 5.54 Å². The zero-order valence-electron chi connectivity index (χ0n) is 6.06. The lowest BCUT2D eigenvalue weighted by atomic mass is 10.1. The van der Waals surface area contributed by atoms with Crippen molar-refractivity contribution in [3.8, 4) is 0 Å². The molecule has 0 aliphatic heterocycles. The van der Waals surface area contributed by atoms with Crippen LogP contribution in [-0.4, -0.2) is 15.8 Å². The molecule has 0 saturated heterocycles. The highest BCUT2D eigenvalue weighted by atomic mass is 28.1. The van der Waals surface area contributed by atoms with E-state index in [1.807, 2.05) is 13.8 Å². The van der Waals surface area contributed by atoms with Crippen LogP contribution in [0.25, 0.3) is 0 Å². The standard InChI is InChI=1S/C5H15NOSi/c1-4(8)5(2,3)7-6/h4H,6H2,1-3,8H3. The van der Waals surface area contributed by atoms with Crippen molar-refractivity contribution in [2.24, 2.45) is 5.90 Å². The Kier molecular flexibility index (Phi) is 2.66. The van der Waals surface area contributed by atoms with Gasteiger partial charge in [-0.15, -0.1) is 0 Å². The van der Waals surface area contributed by atoms with Crippen molar-refractivity contribution < 1.29 is 4.84 Å². The normalized spacial score (nSPS) is 16.5. The van der Waals surface area contributed by atoms with E-state index in [2.05, 4.69) is 6.92 Å². The topological polar surface area (TPSA) is 35.2 Å². The van der Waals surface area contributed by atoms with Gasteiger partial charge in [0.1, 0.15) is 0 Å². The molecule has 0 aliphatic carbocycles. The number of rotatable bonds is 2. The van der Waals surface area contributed by atoms with E-state index in [9.17, 15) is 0 Å². The smallest absolute Gasteiger partial charge is 0.0831 e. The highest BCUT2D eigenvalue weighted by Crippen LogP contribution is 2.20. The van der Waals surface area contributed by atoms with Crippen LogP contribution in [0.4, 0.5) is 0 Å². The summed E-state index contributed by atoms with van der Waals surface area (Å²) in [6, 6.07) is 0. The molecule has 0 aromatic rings. The minimum atomic E-state index is -0.119. The molecular formula is C5H15NOSi. The molecule has 0 fully saturated rings. The van der Waals surface area contributed by atoms with Crippen molar-refractivity contribution in [2.45, 2.75) is 31.9 Å². The molecule has 3 heteroatoms. The first-order valence-corrected chi connectivity index (χ1v) is 4.04. The summed E-state index contributed by atoms with van der Waals surface area (Å²) in [4.78, 5) is 4.73. The zero-order valence-corrected chi connectivity index (χ0v) is 8.06. The highest BCUT2D eigenvalue weighted by Gasteiger charge is 2.21. The fraction of sp³-hybridized carbons (Fsp3) is 1.00. The van der Waals surface area contributed by atoms with E-state index >= 15 is 0 Å². The van der Waals surface area contributed by atoms with Gasteiger partial charge in [-0.3, -0.25) is 4.84 Å². The third-order valence-electron chi connectivity index (χ3n) is 1.69. The van der Waals surface area contributed by atoms with Gasteiger partial charge in [-0.1, -0.05) is 6.92 Å². The maximum atomic E-state index is 5.03. The van der Waals surface area contributed by atoms with E-state index in [4.69, 9.17) is 10.7 Å². The average Bonchev–Trinajstić information content (AvgIpc) is 1.67. The maximum absolute atomic E-state index is 5.03. The molecule has 0 bridgehead atoms. The molecule has 2 nitrogen and oxygen atoms in total. The van der Waals surface area contributed by atoms with Gasteiger partial charge in [-0.25, -0.2) is 5.90 Å². The van der Waals surface area contributed by atoms with Crippen molar-refractivity contribution in [3.05, 3.63) is 0 Å². The molecule has 0 aliphatic rings. The highest BCUT2D eigenvalue weighted by molar-refractivity contribution is 6.12. The van der Waals surface area contributed by atoms with E-state index in [-0.39, 0.29) is 5.60 Å². The summed E-state index contributed by atoms with van der Waals surface area (Å²) in [7, 11) is 1.13. The molecule has 2 N–H and O–H groups in total. The third-order valence-corrected chi connectivity index (χ3v) is 3.08. The van der Waals surface area contributed by atoms with Gasteiger partial charge in [-0.2, -0.15) is 0 Å². The second-order valence-electron chi connectivity index (χ2n) is 2.88. The Labute approximate surface area is 53.8 Å². The lowest BCUT2D eigenvalue weighted by Gasteiger charge is -2.25. The zero-order chi connectivity index (χ0) is 6.78. The Morgan fingerprint density at radius 3 is 2.00 bits per heavy atom. The van der Waals surface area contributed by atoms with Crippen LogP contribution in [0.15, 0.2) is 0 Å². The minimum Gasteiger partial charge on any atom is -0.299 e. The van der Waals surface area contributed by atoms with E-state index < -0.39 is 0 Å². The van der Waals surface area contributed by atoms with Gasteiger partial charge in [0.25, 0.3) is 0 Å². The summed E-state index contributed by atoms with van der Waals surface area (Å²) < 4.78 is 0. The predicted molar refractivity (Wildman–Crippen MR) is 38.7 cm³/mol. The van der Waals surface area contributed by atoms with Gasteiger partial charge in [0.2, 0.25) is 0 Å². The summed E-state index contributed by atoms with van der Waals surface area (Å²) >= 11 is 0. The van der Waals surface area contributed by atoms with Crippen LogP contribution in [0.1, 0.15) is 20.8 Å². The first-order valence-electron chi connectivity index (χ1n) is 2.88. The van der Waals surface area contributed by atoms with Gasteiger partial charge in [0, 0.05) is 10.2 Å². The average molecular weight is 133 g/mol. The molecule has 1 unspecified atom stereocenters. The largest absolute Gasteiger partial charge is 0.299 e. The van der Waals surface area contributed by atoms with Crippen LogP contribution in [0, 0.1) is 0 Å². The Hall–Kier alpha value is 0.137. The summed E-state index contributed by atoms with van der Waals surface area (Å²) in [5.41, 5.74) is 0.485. The van der Waals surface area contributed by atoms with Gasteiger partial charge in [0.15, 0.2) is 0 Å². The lowest BCUT2D eigenvalue weighted by molar-refractivity contribution is -0.0209. The molecule has 8 heavy (non-hydrogen) atoms. The lowest BCUT2D eigenvalue weighted by Crippen LogP contribution is -2.32. The molecule has 0 amide bonds. The predicted octanol–water partition coefficient (Wildman–Crippen LogP) is -0.171. The Morgan fingerprint density at radius 1 is 1.62 bits per heavy atom. The molecular weight excluding hydrogens is 118 g/mol. The fourth-order valence-corrected chi connectivity index (χ4v) is 0.272. The second-order valence-corrected chi connectivity index (χ2v) is 4.61. The van der Waals surface area contributed by atoms with Crippen molar-refractivity contribution in [1.29, 1.82) is 0 Å². The molecule has 0 aromatic heterocycles. The Morgan fingerprint density at radius 2 is 2.00 bits per heavy atom. The van der Waals surface area contributed by atoms with Gasteiger partial charge >= 0.3 is 0 Å². The maximum Gasteiger partial charge on any atom is 0.0831 e. The molecule has 0 radical (unpaired) electrons. The Bertz CT molecular complexity index is 72.8. The quantitative estimate of drug-likeness (QED) is 0.419. The van der Waals surface area contributed by atoms with Crippen molar-refractivity contribution in [2.75, 3.05) is 0 Å². The molecule has 0 aromatic carbocycles. The molecule has 50 valence electrons. The van der Waals surface area contributed by atoms with Crippen LogP contribution in [0.3, 0.4) is 0 Å². The van der Waals surface area contributed by atoms with Crippen molar-refractivity contribution in [3.63, 3.8) is 0 Å². The van der Waals surface area contributed by atoms with Crippen molar-refractivity contribution in [1.82, 2.24) is 0 Å². The van der Waals surface area contributed by atoms with E-state index in [0.717, 1.165) is 10.2 Å². The van der Waals surface area contributed by atoms with Crippen molar-refractivity contribution >= 4 is 10.2 Å². The van der Waals surface area contributed by atoms with E-state index in [1.165, 1.54) is 0 Å². The third kappa shape index (κ3) is 1.94. The number of hydrogen-bond acceptors (Lipinski definition) is 2. The summed E-state index contributed by atoms with van der Waals surface area (Å²) in [5.74, 6) is 5.03. The monoisotopic (exact) mass is 133 g/mol. The molecule has 0 spiro atoms. The van der Waals surface area contributed by atoms with Gasteiger partial charge in [-0.05, 0) is 19.4 Å². The van der Waals surface area contributed by atoms with Gasteiger partial charge < -0.3 is 0 Å². The van der Waals surface area contributed by atoms with Crippen LogP contribution in [0.5, 0.6) is 0 Å².